The Balaban J connectivity index is 2.58. The van der Waals surface area contributed by atoms with Gasteiger partial charge in [-0.05, 0) is 18.6 Å². The Hall–Kier alpha value is -0.580. The lowest BCUT2D eigenvalue weighted by Crippen LogP contribution is -2.28. The maximum absolute atomic E-state index is 5.69. The predicted molar refractivity (Wildman–Crippen MR) is 84.1 cm³/mol. The van der Waals surface area contributed by atoms with Crippen LogP contribution in [0.5, 0.6) is 5.75 Å². The molecule has 1 aromatic carbocycles. The molecule has 1 atom stereocenters. The van der Waals surface area contributed by atoms with Crippen molar-refractivity contribution >= 4 is 15.9 Å². The molecule has 1 rings (SSSR count). The van der Waals surface area contributed by atoms with Gasteiger partial charge >= 0.3 is 0 Å². The minimum atomic E-state index is 0.157. The van der Waals surface area contributed by atoms with E-state index in [4.69, 9.17) is 10.6 Å². The maximum atomic E-state index is 5.69. The van der Waals surface area contributed by atoms with Crippen LogP contribution in [0.1, 0.15) is 57.1 Å². The van der Waals surface area contributed by atoms with Crippen molar-refractivity contribution in [2.45, 2.75) is 51.5 Å². The molecule has 1 aromatic rings. The predicted octanol–water partition coefficient (Wildman–Crippen LogP) is 4.32. The highest BCUT2D eigenvalue weighted by Crippen LogP contribution is 2.30. The number of ether oxygens (including phenoxy) is 1. The number of hydrogen-bond acceptors (Lipinski definition) is 3. The first-order valence-electron chi connectivity index (χ1n) is 7.02. The Morgan fingerprint density at radius 1 is 1.26 bits per heavy atom. The van der Waals surface area contributed by atoms with E-state index in [-0.39, 0.29) is 6.04 Å². The van der Waals surface area contributed by atoms with Gasteiger partial charge in [0.05, 0.1) is 7.11 Å². The monoisotopic (exact) mass is 328 g/mol. The molecule has 0 saturated heterocycles. The zero-order valence-corrected chi connectivity index (χ0v) is 13.5. The van der Waals surface area contributed by atoms with Crippen molar-refractivity contribution in [3.05, 3.63) is 28.2 Å². The molecule has 0 amide bonds. The Morgan fingerprint density at radius 3 is 2.63 bits per heavy atom. The molecule has 0 aliphatic carbocycles. The van der Waals surface area contributed by atoms with Crippen molar-refractivity contribution < 1.29 is 4.74 Å². The molecule has 0 fully saturated rings. The second kappa shape index (κ2) is 9.34. The average molecular weight is 329 g/mol. The van der Waals surface area contributed by atoms with E-state index >= 15 is 0 Å². The summed E-state index contributed by atoms with van der Waals surface area (Å²) >= 11 is 3.46. The van der Waals surface area contributed by atoms with Gasteiger partial charge in [0.2, 0.25) is 0 Å². The molecule has 19 heavy (non-hydrogen) atoms. The number of unbranched alkanes of at least 4 members (excludes halogenated alkanes) is 4. The van der Waals surface area contributed by atoms with Crippen molar-refractivity contribution in [3.8, 4) is 5.75 Å². The largest absolute Gasteiger partial charge is 0.496 e. The van der Waals surface area contributed by atoms with Crippen molar-refractivity contribution in [3.63, 3.8) is 0 Å². The minimum Gasteiger partial charge on any atom is -0.496 e. The van der Waals surface area contributed by atoms with Crippen LogP contribution in [-0.4, -0.2) is 7.11 Å². The highest BCUT2D eigenvalue weighted by atomic mass is 79.9. The first kappa shape index (κ1) is 16.5. The maximum Gasteiger partial charge on any atom is 0.124 e. The molecule has 0 radical (unpaired) electrons. The Labute approximate surface area is 125 Å². The third-order valence-electron chi connectivity index (χ3n) is 3.37. The van der Waals surface area contributed by atoms with Gasteiger partial charge in [0.15, 0.2) is 0 Å². The number of hydrazine groups is 1. The van der Waals surface area contributed by atoms with Gasteiger partial charge in [0.1, 0.15) is 5.75 Å². The molecule has 108 valence electrons. The molecule has 0 aliphatic heterocycles. The first-order chi connectivity index (χ1) is 9.22. The molecule has 0 spiro atoms. The van der Waals surface area contributed by atoms with E-state index in [9.17, 15) is 0 Å². The summed E-state index contributed by atoms with van der Waals surface area (Å²) in [6.07, 6.45) is 7.41. The summed E-state index contributed by atoms with van der Waals surface area (Å²) in [5.74, 6) is 6.57. The van der Waals surface area contributed by atoms with Crippen LogP contribution >= 0.6 is 15.9 Å². The SMILES string of the molecule is CCCCCCCC(NN)c1ccc(Br)cc1OC. The first-order valence-corrected chi connectivity index (χ1v) is 7.81. The fourth-order valence-electron chi connectivity index (χ4n) is 2.25. The number of nitrogens with one attached hydrogen (secondary N) is 1. The summed E-state index contributed by atoms with van der Waals surface area (Å²) in [4.78, 5) is 0. The Kier molecular flexibility index (Phi) is 8.10. The number of hydrogen-bond donors (Lipinski definition) is 2. The van der Waals surface area contributed by atoms with E-state index in [0.29, 0.717) is 0 Å². The average Bonchev–Trinajstić information content (AvgIpc) is 2.43. The highest BCUT2D eigenvalue weighted by Gasteiger charge is 2.14. The lowest BCUT2D eigenvalue weighted by atomic mass is 9.99. The molecule has 0 bridgehead atoms. The van der Waals surface area contributed by atoms with Crippen molar-refractivity contribution in [1.82, 2.24) is 5.43 Å². The van der Waals surface area contributed by atoms with Gasteiger partial charge < -0.3 is 4.74 Å². The second-order valence-electron chi connectivity index (χ2n) is 4.81. The molecule has 0 heterocycles. The number of nitrogens with two attached hydrogens (primary N) is 1. The Morgan fingerprint density at radius 2 is 2.00 bits per heavy atom. The molecule has 0 aromatic heterocycles. The molecular weight excluding hydrogens is 304 g/mol. The normalized spacial score (nSPS) is 12.4. The van der Waals surface area contributed by atoms with Crippen molar-refractivity contribution in [2.75, 3.05) is 7.11 Å². The molecule has 3 N–H and O–H groups in total. The van der Waals surface area contributed by atoms with Crippen molar-refractivity contribution in [2.24, 2.45) is 5.84 Å². The molecule has 0 saturated carbocycles. The smallest absolute Gasteiger partial charge is 0.124 e. The topological polar surface area (TPSA) is 47.3 Å². The molecule has 4 heteroatoms. The Bertz CT molecular complexity index is 371. The van der Waals surface area contributed by atoms with E-state index < -0.39 is 0 Å². The van der Waals surface area contributed by atoms with Crippen LogP contribution in [-0.2, 0) is 0 Å². The zero-order chi connectivity index (χ0) is 14.1. The molecule has 0 aliphatic rings. The third-order valence-corrected chi connectivity index (χ3v) is 3.86. The van der Waals surface area contributed by atoms with E-state index in [1.807, 2.05) is 12.1 Å². The van der Waals surface area contributed by atoms with E-state index in [0.717, 1.165) is 22.2 Å². The summed E-state index contributed by atoms with van der Waals surface area (Å²) in [5.41, 5.74) is 4.04. The van der Waals surface area contributed by atoms with Gasteiger partial charge in [0.25, 0.3) is 0 Å². The third kappa shape index (κ3) is 5.51. The van der Waals surface area contributed by atoms with Crippen LogP contribution in [0, 0.1) is 0 Å². The van der Waals surface area contributed by atoms with Gasteiger partial charge in [-0.1, -0.05) is 61.0 Å². The lowest BCUT2D eigenvalue weighted by molar-refractivity contribution is 0.392. The van der Waals surface area contributed by atoms with Gasteiger partial charge in [-0.25, -0.2) is 0 Å². The molecule has 3 nitrogen and oxygen atoms in total. The van der Waals surface area contributed by atoms with Crippen LogP contribution in [0.4, 0.5) is 0 Å². The summed E-state index contributed by atoms with van der Waals surface area (Å²) in [5, 5.41) is 0. The van der Waals surface area contributed by atoms with Crippen LogP contribution in [0.15, 0.2) is 22.7 Å². The summed E-state index contributed by atoms with van der Waals surface area (Å²) < 4.78 is 6.45. The second-order valence-corrected chi connectivity index (χ2v) is 5.72. The van der Waals surface area contributed by atoms with Crippen LogP contribution < -0.4 is 16.0 Å². The highest BCUT2D eigenvalue weighted by molar-refractivity contribution is 9.10. The van der Waals surface area contributed by atoms with Crippen LogP contribution in [0.3, 0.4) is 0 Å². The van der Waals surface area contributed by atoms with E-state index in [1.165, 1.54) is 32.1 Å². The van der Waals surface area contributed by atoms with E-state index in [1.54, 1.807) is 7.11 Å². The summed E-state index contributed by atoms with van der Waals surface area (Å²) in [7, 11) is 1.69. The number of rotatable bonds is 9. The number of methoxy groups -OCH3 is 1. The summed E-state index contributed by atoms with van der Waals surface area (Å²) in [6.45, 7) is 2.23. The molecular formula is C15H25BrN2O. The quantitative estimate of drug-likeness (QED) is 0.403. The number of benzene rings is 1. The summed E-state index contributed by atoms with van der Waals surface area (Å²) in [6, 6.07) is 6.24. The van der Waals surface area contributed by atoms with E-state index in [2.05, 4.69) is 34.3 Å². The standard InChI is InChI=1S/C15H25BrN2O/c1-3-4-5-6-7-8-14(18-17)13-10-9-12(16)11-15(13)19-2/h9-11,14,18H,3-8,17H2,1-2H3. The minimum absolute atomic E-state index is 0.157. The zero-order valence-electron chi connectivity index (χ0n) is 11.9. The van der Waals surface area contributed by atoms with Gasteiger partial charge in [-0.2, -0.15) is 0 Å². The van der Waals surface area contributed by atoms with Gasteiger partial charge in [-0.3, -0.25) is 11.3 Å². The fraction of sp³-hybridized carbons (Fsp3) is 0.600. The van der Waals surface area contributed by atoms with Crippen molar-refractivity contribution in [1.29, 1.82) is 0 Å². The van der Waals surface area contributed by atoms with Gasteiger partial charge in [0, 0.05) is 16.1 Å². The van der Waals surface area contributed by atoms with Crippen LogP contribution in [0.25, 0.3) is 0 Å². The van der Waals surface area contributed by atoms with Crippen LogP contribution in [0.2, 0.25) is 0 Å². The van der Waals surface area contributed by atoms with Gasteiger partial charge in [-0.15, -0.1) is 0 Å². The molecule has 1 unspecified atom stereocenters. The lowest BCUT2D eigenvalue weighted by Gasteiger charge is -2.19. The number of halogens is 1. The fourth-order valence-corrected chi connectivity index (χ4v) is 2.59.